The van der Waals surface area contributed by atoms with Gasteiger partial charge in [-0.15, -0.1) is 0 Å². The predicted molar refractivity (Wildman–Crippen MR) is 106 cm³/mol. The van der Waals surface area contributed by atoms with Crippen LogP contribution in [-0.4, -0.2) is 54.8 Å². The molecule has 150 valence electrons. The number of aromatic nitrogens is 2. The molecule has 8 nitrogen and oxygen atoms in total. The Labute approximate surface area is 165 Å². The van der Waals surface area contributed by atoms with Gasteiger partial charge >= 0.3 is 0 Å². The first-order valence-corrected chi connectivity index (χ1v) is 10.8. The Morgan fingerprint density at radius 2 is 1.75 bits per heavy atom. The molecular weight excluding hydrogens is 378 g/mol. The average Bonchev–Trinajstić information content (AvgIpc) is 2.72. The van der Waals surface area contributed by atoms with Crippen molar-refractivity contribution in [3.8, 4) is 0 Å². The van der Waals surface area contributed by atoms with Crippen molar-refractivity contribution in [2.24, 2.45) is 5.92 Å². The number of nitrogens with one attached hydrogen (secondary N) is 2. The fourth-order valence-corrected chi connectivity index (χ4v) is 4.47. The van der Waals surface area contributed by atoms with Crippen LogP contribution < -0.4 is 10.6 Å². The van der Waals surface area contributed by atoms with Crippen molar-refractivity contribution in [2.45, 2.75) is 24.7 Å². The quantitative estimate of drug-likeness (QED) is 0.683. The molecule has 0 unspecified atom stereocenters. The first-order valence-electron chi connectivity index (χ1n) is 9.36. The zero-order valence-electron chi connectivity index (χ0n) is 15.8. The second kappa shape index (κ2) is 9.11. The van der Waals surface area contributed by atoms with E-state index in [0.29, 0.717) is 43.6 Å². The summed E-state index contributed by atoms with van der Waals surface area (Å²) in [5.74, 6) is 0.797. The van der Waals surface area contributed by atoms with Crippen molar-refractivity contribution in [2.75, 3.05) is 31.5 Å². The van der Waals surface area contributed by atoms with Gasteiger partial charge in [-0.3, -0.25) is 4.79 Å². The summed E-state index contributed by atoms with van der Waals surface area (Å²) in [6.45, 7) is 4.10. The lowest BCUT2D eigenvalue weighted by Gasteiger charge is -2.29. The number of rotatable bonds is 7. The van der Waals surface area contributed by atoms with E-state index in [-0.39, 0.29) is 10.8 Å². The molecule has 2 heterocycles. The lowest BCUT2D eigenvalue weighted by molar-refractivity contribution is 0.0955. The zero-order valence-corrected chi connectivity index (χ0v) is 16.7. The summed E-state index contributed by atoms with van der Waals surface area (Å²) >= 11 is 0. The number of sulfonamides is 1. The smallest absolute Gasteiger partial charge is 0.251 e. The molecule has 0 saturated carbocycles. The van der Waals surface area contributed by atoms with E-state index >= 15 is 0 Å². The summed E-state index contributed by atoms with van der Waals surface area (Å²) in [6.07, 6.45) is 5.02. The minimum atomic E-state index is -3.50. The van der Waals surface area contributed by atoms with E-state index in [0.717, 1.165) is 12.8 Å². The summed E-state index contributed by atoms with van der Waals surface area (Å²) in [6, 6.07) is 7.81. The van der Waals surface area contributed by atoms with Gasteiger partial charge in [0.15, 0.2) is 0 Å². The number of hydrogen-bond acceptors (Lipinski definition) is 6. The van der Waals surface area contributed by atoms with Gasteiger partial charge in [0, 0.05) is 44.1 Å². The number of benzene rings is 1. The molecule has 0 spiro atoms. The van der Waals surface area contributed by atoms with Crippen LogP contribution in [-0.2, 0) is 10.0 Å². The van der Waals surface area contributed by atoms with Crippen LogP contribution in [0.4, 0.5) is 5.95 Å². The van der Waals surface area contributed by atoms with Crippen LogP contribution in [0.3, 0.4) is 0 Å². The number of carbonyl (C=O) groups is 1. The second-order valence-electron chi connectivity index (χ2n) is 6.87. The number of nitrogens with zero attached hydrogens (tertiary/aromatic N) is 3. The largest absolute Gasteiger partial charge is 0.352 e. The average molecular weight is 404 g/mol. The van der Waals surface area contributed by atoms with E-state index < -0.39 is 10.0 Å². The molecule has 2 aromatic rings. The molecule has 1 aromatic carbocycles. The fourth-order valence-electron chi connectivity index (χ4n) is 3.00. The van der Waals surface area contributed by atoms with Crippen LogP contribution in [0.15, 0.2) is 47.6 Å². The van der Waals surface area contributed by atoms with Crippen LogP contribution in [0.25, 0.3) is 0 Å². The second-order valence-corrected chi connectivity index (χ2v) is 8.80. The van der Waals surface area contributed by atoms with Crippen LogP contribution in [0.1, 0.15) is 30.1 Å². The van der Waals surface area contributed by atoms with Crippen molar-refractivity contribution in [3.05, 3.63) is 48.3 Å². The molecule has 0 aliphatic carbocycles. The van der Waals surface area contributed by atoms with Gasteiger partial charge in [0.25, 0.3) is 5.91 Å². The molecule has 1 aromatic heterocycles. The van der Waals surface area contributed by atoms with Crippen LogP contribution in [0, 0.1) is 5.92 Å². The minimum Gasteiger partial charge on any atom is -0.352 e. The first-order chi connectivity index (χ1) is 13.5. The van der Waals surface area contributed by atoms with E-state index in [1.807, 2.05) is 0 Å². The summed E-state index contributed by atoms with van der Waals surface area (Å²) < 4.78 is 27.0. The number of anilines is 1. The summed E-state index contributed by atoms with van der Waals surface area (Å²) in [5.41, 5.74) is 0.419. The molecule has 1 aliphatic rings. The Morgan fingerprint density at radius 1 is 1.11 bits per heavy atom. The van der Waals surface area contributed by atoms with Crippen LogP contribution >= 0.6 is 0 Å². The van der Waals surface area contributed by atoms with Crippen molar-refractivity contribution in [3.63, 3.8) is 0 Å². The topological polar surface area (TPSA) is 104 Å². The molecule has 9 heteroatoms. The lowest BCUT2D eigenvalue weighted by atomic mass is 10.0. The summed E-state index contributed by atoms with van der Waals surface area (Å²) in [4.78, 5) is 20.5. The predicted octanol–water partition coefficient (Wildman–Crippen LogP) is 1.74. The fraction of sp³-hybridized carbons (Fsp3) is 0.421. The van der Waals surface area contributed by atoms with Gasteiger partial charge in [-0.1, -0.05) is 6.92 Å². The molecule has 1 aliphatic heterocycles. The van der Waals surface area contributed by atoms with Gasteiger partial charge in [-0.25, -0.2) is 18.4 Å². The van der Waals surface area contributed by atoms with E-state index in [1.165, 1.54) is 16.4 Å². The number of hydrogen-bond donors (Lipinski definition) is 2. The van der Waals surface area contributed by atoms with Gasteiger partial charge in [0.2, 0.25) is 16.0 Å². The normalized spacial score (nSPS) is 15.9. The molecule has 2 N–H and O–H groups in total. The molecule has 1 fully saturated rings. The zero-order chi connectivity index (χ0) is 20.0. The standard InChI is InChI=1S/C19H25N5O3S/c1-15-7-13-24(14-8-15)28(26,27)17-5-3-16(4-6-17)18(25)20-11-12-23-19-21-9-2-10-22-19/h2-6,9-10,15H,7-8,11-14H2,1H3,(H,20,25)(H,21,22,23). The number of piperidine rings is 1. The third kappa shape index (κ3) is 5.05. The highest BCUT2D eigenvalue weighted by Gasteiger charge is 2.28. The molecule has 0 radical (unpaired) electrons. The maximum Gasteiger partial charge on any atom is 0.251 e. The number of carbonyl (C=O) groups excluding carboxylic acids is 1. The minimum absolute atomic E-state index is 0.224. The van der Waals surface area contributed by atoms with Crippen molar-refractivity contribution in [1.29, 1.82) is 0 Å². The Morgan fingerprint density at radius 3 is 2.39 bits per heavy atom. The summed E-state index contributed by atoms with van der Waals surface area (Å²) in [5, 5.41) is 5.78. The third-order valence-corrected chi connectivity index (χ3v) is 6.67. The third-order valence-electron chi connectivity index (χ3n) is 4.76. The van der Waals surface area contributed by atoms with Gasteiger partial charge in [0.1, 0.15) is 0 Å². The summed E-state index contributed by atoms with van der Waals surface area (Å²) in [7, 11) is -3.50. The maximum absolute atomic E-state index is 12.7. The molecule has 3 rings (SSSR count). The van der Waals surface area contributed by atoms with E-state index in [9.17, 15) is 13.2 Å². The molecule has 0 bridgehead atoms. The molecular formula is C19H25N5O3S. The van der Waals surface area contributed by atoms with Crippen LogP contribution in [0.5, 0.6) is 0 Å². The van der Waals surface area contributed by atoms with Crippen molar-refractivity contribution < 1.29 is 13.2 Å². The van der Waals surface area contributed by atoms with E-state index in [2.05, 4.69) is 27.5 Å². The lowest BCUT2D eigenvalue weighted by Crippen LogP contribution is -2.37. The van der Waals surface area contributed by atoms with Gasteiger partial charge in [-0.05, 0) is 49.1 Å². The van der Waals surface area contributed by atoms with Gasteiger partial charge in [0.05, 0.1) is 4.90 Å². The van der Waals surface area contributed by atoms with E-state index in [4.69, 9.17) is 0 Å². The SMILES string of the molecule is CC1CCN(S(=O)(=O)c2ccc(C(=O)NCCNc3ncccn3)cc2)CC1. The van der Waals surface area contributed by atoms with Crippen LogP contribution in [0.2, 0.25) is 0 Å². The highest BCUT2D eigenvalue weighted by atomic mass is 32.2. The van der Waals surface area contributed by atoms with Gasteiger partial charge < -0.3 is 10.6 Å². The van der Waals surface area contributed by atoms with Crippen molar-refractivity contribution in [1.82, 2.24) is 19.6 Å². The Hall–Kier alpha value is -2.52. The number of amides is 1. The van der Waals surface area contributed by atoms with Crippen molar-refractivity contribution >= 4 is 21.9 Å². The molecule has 1 amide bonds. The Bertz CT molecular complexity index is 880. The van der Waals surface area contributed by atoms with Gasteiger partial charge in [-0.2, -0.15) is 4.31 Å². The molecule has 0 atom stereocenters. The van der Waals surface area contributed by atoms with E-state index in [1.54, 1.807) is 30.6 Å². The highest BCUT2D eigenvalue weighted by molar-refractivity contribution is 7.89. The molecule has 1 saturated heterocycles. The monoisotopic (exact) mass is 403 g/mol. The highest BCUT2D eigenvalue weighted by Crippen LogP contribution is 2.23. The Kier molecular flexibility index (Phi) is 6.58. The first kappa shape index (κ1) is 20.2. The molecule has 28 heavy (non-hydrogen) atoms. The Balaban J connectivity index is 1.52. The maximum atomic E-state index is 12.7.